The highest BCUT2D eigenvalue weighted by Gasteiger charge is 2.18. The van der Waals surface area contributed by atoms with Gasteiger partial charge in [0.25, 0.3) is 0 Å². The van der Waals surface area contributed by atoms with Crippen LogP contribution >= 0.6 is 0 Å². The molecule has 1 saturated heterocycles. The Labute approximate surface area is 122 Å². The van der Waals surface area contributed by atoms with Gasteiger partial charge in [0.2, 0.25) is 0 Å². The van der Waals surface area contributed by atoms with Gasteiger partial charge in [-0.1, -0.05) is 26.0 Å². The van der Waals surface area contributed by atoms with E-state index in [2.05, 4.69) is 24.1 Å². The van der Waals surface area contributed by atoms with Gasteiger partial charge in [-0.3, -0.25) is 0 Å². The second-order valence-electron chi connectivity index (χ2n) is 6.30. The van der Waals surface area contributed by atoms with Crippen molar-refractivity contribution in [3.8, 4) is 0 Å². The normalized spacial score (nSPS) is 17.8. The van der Waals surface area contributed by atoms with Crippen LogP contribution in [0.25, 0.3) is 0 Å². The van der Waals surface area contributed by atoms with E-state index in [-0.39, 0.29) is 5.82 Å². The van der Waals surface area contributed by atoms with Crippen molar-refractivity contribution in [1.29, 1.82) is 0 Å². The summed E-state index contributed by atoms with van der Waals surface area (Å²) in [6.45, 7) is 9.21. The summed E-state index contributed by atoms with van der Waals surface area (Å²) in [5.41, 5.74) is 1.20. The molecule has 0 amide bonds. The van der Waals surface area contributed by atoms with Crippen molar-refractivity contribution in [1.82, 2.24) is 10.2 Å². The molecule has 3 heteroatoms. The molecule has 0 bridgehead atoms. The lowest BCUT2D eigenvalue weighted by Crippen LogP contribution is -2.44. The number of piperidine rings is 1. The quantitative estimate of drug-likeness (QED) is 0.860. The number of likely N-dealkylation sites (tertiary alicyclic amines) is 1. The van der Waals surface area contributed by atoms with E-state index in [0.29, 0.717) is 6.04 Å². The van der Waals surface area contributed by atoms with Gasteiger partial charge in [0.15, 0.2) is 0 Å². The van der Waals surface area contributed by atoms with E-state index in [9.17, 15) is 4.39 Å². The smallest absolute Gasteiger partial charge is 0.123 e. The van der Waals surface area contributed by atoms with Crippen molar-refractivity contribution in [3.05, 3.63) is 35.6 Å². The van der Waals surface area contributed by atoms with Crippen molar-refractivity contribution in [3.63, 3.8) is 0 Å². The van der Waals surface area contributed by atoms with Gasteiger partial charge in [0.1, 0.15) is 5.82 Å². The zero-order valence-corrected chi connectivity index (χ0v) is 12.7. The molecule has 0 aliphatic carbocycles. The number of benzene rings is 1. The van der Waals surface area contributed by atoms with Gasteiger partial charge in [-0.15, -0.1) is 0 Å². The maximum Gasteiger partial charge on any atom is 0.123 e. The van der Waals surface area contributed by atoms with E-state index in [4.69, 9.17) is 0 Å². The van der Waals surface area contributed by atoms with Gasteiger partial charge in [-0.05, 0) is 62.5 Å². The molecule has 0 unspecified atom stereocenters. The van der Waals surface area contributed by atoms with Crippen molar-refractivity contribution >= 4 is 0 Å². The van der Waals surface area contributed by atoms with Crippen LogP contribution in [0.4, 0.5) is 4.39 Å². The fourth-order valence-electron chi connectivity index (χ4n) is 2.91. The first-order chi connectivity index (χ1) is 9.63. The molecule has 20 heavy (non-hydrogen) atoms. The number of halogens is 1. The van der Waals surface area contributed by atoms with Crippen LogP contribution in [0.5, 0.6) is 0 Å². The Kier molecular flexibility index (Phi) is 5.99. The van der Waals surface area contributed by atoms with E-state index in [1.165, 1.54) is 38.0 Å². The summed E-state index contributed by atoms with van der Waals surface area (Å²) in [6, 6.07) is 7.49. The standard InChI is InChI=1S/C17H27FN2/c1-14(2)13-20-11-8-17(9-12-20)19-10-7-15-3-5-16(18)6-4-15/h3-6,14,17,19H,7-13H2,1-2H3. The summed E-state index contributed by atoms with van der Waals surface area (Å²) in [6.07, 6.45) is 3.47. The summed E-state index contributed by atoms with van der Waals surface area (Å²) >= 11 is 0. The predicted molar refractivity (Wildman–Crippen MR) is 82.4 cm³/mol. The highest BCUT2D eigenvalue weighted by atomic mass is 19.1. The maximum absolute atomic E-state index is 12.8. The monoisotopic (exact) mass is 278 g/mol. The molecule has 1 aromatic carbocycles. The Balaban J connectivity index is 1.62. The molecular weight excluding hydrogens is 251 g/mol. The van der Waals surface area contributed by atoms with E-state index in [1.807, 2.05) is 12.1 Å². The van der Waals surface area contributed by atoms with Crippen LogP contribution in [0.2, 0.25) is 0 Å². The van der Waals surface area contributed by atoms with Crippen LogP contribution < -0.4 is 5.32 Å². The fourth-order valence-corrected chi connectivity index (χ4v) is 2.91. The molecule has 112 valence electrons. The Hall–Kier alpha value is -0.930. The summed E-state index contributed by atoms with van der Waals surface area (Å²) in [5, 5.41) is 3.64. The first-order valence-electron chi connectivity index (χ1n) is 7.83. The zero-order valence-electron chi connectivity index (χ0n) is 12.7. The predicted octanol–water partition coefficient (Wildman–Crippen LogP) is 3.08. The van der Waals surface area contributed by atoms with Crippen LogP contribution in [0, 0.1) is 11.7 Å². The lowest BCUT2D eigenvalue weighted by Gasteiger charge is -2.33. The molecule has 0 atom stereocenters. The average Bonchev–Trinajstić information content (AvgIpc) is 2.42. The lowest BCUT2D eigenvalue weighted by molar-refractivity contribution is 0.180. The molecule has 1 aliphatic heterocycles. The van der Waals surface area contributed by atoms with Crippen LogP contribution in [-0.4, -0.2) is 37.1 Å². The first-order valence-corrected chi connectivity index (χ1v) is 7.83. The minimum Gasteiger partial charge on any atom is -0.314 e. The number of nitrogens with one attached hydrogen (secondary N) is 1. The highest BCUT2D eigenvalue weighted by Crippen LogP contribution is 2.12. The molecule has 1 heterocycles. The van der Waals surface area contributed by atoms with E-state index in [1.54, 1.807) is 12.1 Å². The van der Waals surface area contributed by atoms with E-state index < -0.39 is 0 Å². The molecule has 0 aromatic heterocycles. The molecule has 1 fully saturated rings. The van der Waals surface area contributed by atoms with Crippen LogP contribution in [0.1, 0.15) is 32.3 Å². The van der Waals surface area contributed by atoms with E-state index in [0.717, 1.165) is 18.9 Å². The zero-order chi connectivity index (χ0) is 14.4. The van der Waals surface area contributed by atoms with Crippen LogP contribution in [0.3, 0.4) is 0 Å². The van der Waals surface area contributed by atoms with Crippen LogP contribution in [0.15, 0.2) is 24.3 Å². The number of hydrogen-bond donors (Lipinski definition) is 1. The molecule has 0 radical (unpaired) electrons. The minimum atomic E-state index is -0.153. The lowest BCUT2D eigenvalue weighted by atomic mass is 10.0. The van der Waals surface area contributed by atoms with Gasteiger partial charge in [-0.2, -0.15) is 0 Å². The Bertz CT molecular complexity index is 380. The molecule has 0 saturated carbocycles. The van der Waals surface area contributed by atoms with Gasteiger partial charge in [0.05, 0.1) is 0 Å². The molecule has 1 aliphatic rings. The number of rotatable bonds is 6. The van der Waals surface area contributed by atoms with E-state index >= 15 is 0 Å². The number of hydrogen-bond acceptors (Lipinski definition) is 2. The minimum absolute atomic E-state index is 0.153. The third kappa shape index (κ3) is 5.22. The van der Waals surface area contributed by atoms with Crippen molar-refractivity contribution in [2.75, 3.05) is 26.2 Å². The van der Waals surface area contributed by atoms with Crippen molar-refractivity contribution in [2.45, 2.75) is 39.2 Å². The van der Waals surface area contributed by atoms with Crippen LogP contribution in [-0.2, 0) is 6.42 Å². The molecule has 2 rings (SSSR count). The third-order valence-electron chi connectivity index (χ3n) is 3.97. The molecule has 0 spiro atoms. The fraction of sp³-hybridized carbons (Fsp3) is 0.647. The summed E-state index contributed by atoms with van der Waals surface area (Å²) < 4.78 is 12.8. The Morgan fingerprint density at radius 3 is 2.45 bits per heavy atom. The SMILES string of the molecule is CC(C)CN1CCC(NCCc2ccc(F)cc2)CC1. The largest absolute Gasteiger partial charge is 0.314 e. The molecule has 1 N–H and O–H groups in total. The second kappa shape index (κ2) is 7.75. The number of nitrogens with zero attached hydrogens (tertiary/aromatic N) is 1. The van der Waals surface area contributed by atoms with Gasteiger partial charge in [-0.25, -0.2) is 4.39 Å². The molecular formula is C17H27FN2. The van der Waals surface area contributed by atoms with Gasteiger partial charge >= 0.3 is 0 Å². The second-order valence-corrected chi connectivity index (χ2v) is 6.30. The highest BCUT2D eigenvalue weighted by molar-refractivity contribution is 5.16. The Morgan fingerprint density at radius 2 is 1.85 bits per heavy atom. The topological polar surface area (TPSA) is 15.3 Å². The summed E-state index contributed by atoms with van der Waals surface area (Å²) in [5.74, 6) is 0.609. The first kappa shape index (κ1) is 15.5. The molecule has 2 nitrogen and oxygen atoms in total. The molecule has 1 aromatic rings. The average molecular weight is 278 g/mol. The third-order valence-corrected chi connectivity index (χ3v) is 3.97. The van der Waals surface area contributed by atoms with Gasteiger partial charge in [0, 0.05) is 12.6 Å². The van der Waals surface area contributed by atoms with Gasteiger partial charge < -0.3 is 10.2 Å². The van der Waals surface area contributed by atoms with Crippen molar-refractivity contribution < 1.29 is 4.39 Å². The maximum atomic E-state index is 12.8. The van der Waals surface area contributed by atoms with Crippen molar-refractivity contribution in [2.24, 2.45) is 5.92 Å². The summed E-state index contributed by atoms with van der Waals surface area (Å²) in [4.78, 5) is 2.57. The Morgan fingerprint density at radius 1 is 1.20 bits per heavy atom. The summed E-state index contributed by atoms with van der Waals surface area (Å²) in [7, 11) is 0.